The molecule has 0 unspecified atom stereocenters. The standard InChI is InChI=1S/C25H27FN4O3/c1-15(2)30(3)24(32)25(13-14-25)27-23(31)18-10-12-20-21(22(18)33-4)19(28-29-20)11-7-16-5-8-17(26)9-6-16/h5-12,15H,13-14H2,1-4H3,(H,27,31)(H,28,29). The lowest BCUT2D eigenvalue weighted by molar-refractivity contribution is -0.134. The summed E-state index contributed by atoms with van der Waals surface area (Å²) in [7, 11) is 3.24. The summed E-state index contributed by atoms with van der Waals surface area (Å²) in [6, 6.07) is 9.54. The number of nitrogens with one attached hydrogen (secondary N) is 2. The first-order chi connectivity index (χ1) is 15.8. The molecule has 7 nitrogen and oxygen atoms in total. The molecule has 0 aliphatic heterocycles. The van der Waals surface area contributed by atoms with Crippen LogP contribution >= 0.6 is 0 Å². The highest BCUT2D eigenvalue weighted by molar-refractivity contribution is 6.07. The molecular formula is C25H27FN4O3. The van der Waals surface area contributed by atoms with Crippen molar-refractivity contribution in [1.82, 2.24) is 20.4 Å². The van der Waals surface area contributed by atoms with E-state index in [0.717, 1.165) is 5.56 Å². The molecule has 0 bridgehead atoms. The van der Waals surface area contributed by atoms with Gasteiger partial charge >= 0.3 is 0 Å². The molecule has 0 radical (unpaired) electrons. The van der Waals surface area contributed by atoms with Gasteiger partial charge in [0.2, 0.25) is 5.91 Å². The van der Waals surface area contributed by atoms with Crippen LogP contribution in [0.4, 0.5) is 4.39 Å². The molecule has 2 N–H and O–H groups in total. The van der Waals surface area contributed by atoms with Crippen LogP contribution in [-0.4, -0.2) is 52.6 Å². The van der Waals surface area contributed by atoms with Gasteiger partial charge in [0.05, 0.1) is 29.3 Å². The van der Waals surface area contributed by atoms with E-state index in [1.807, 2.05) is 19.9 Å². The van der Waals surface area contributed by atoms with Crippen LogP contribution in [0.15, 0.2) is 36.4 Å². The van der Waals surface area contributed by atoms with Crippen molar-refractivity contribution >= 4 is 34.9 Å². The zero-order valence-electron chi connectivity index (χ0n) is 19.1. The zero-order chi connectivity index (χ0) is 23.8. The fourth-order valence-electron chi connectivity index (χ4n) is 3.74. The van der Waals surface area contributed by atoms with E-state index in [1.165, 1.54) is 19.2 Å². The predicted octanol–water partition coefficient (Wildman–Crippen LogP) is 4.01. The first-order valence-electron chi connectivity index (χ1n) is 10.8. The Hall–Kier alpha value is -3.68. The van der Waals surface area contributed by atoms with Crippen LogP contribution in [0, 0.1) is 5.82 Å². The van der Waals surface area contributed by atoms with E-state index in [1.54, 1.807) is 42.3 Å². The molecule has 1 saturated carbocycles. The number of methoxy groups -OCH3 is 1. The third-order valence-corrected chi connectivity index (χ3v) is 6.07. The Morgan fingerprint density at radius 3 is 2.48 bits per heavy atom. The molecule has 2 amide bonds. The fraction of sp³-hybridized carbons (Fsp3) is 0.320. The number of aromatic amines is 1. The summed E-state index contributed by atoms with van der Waals surface area (Å²) < 4.78 is 18.8. The fourth-order valence-corrected chi connectivity index (χ4v) is 3.74. The average Bonchev–Trinajstić information content (AvgIpc) is 3.47. The minimum absolute atomic E-state index is 0.0409. The van der Waals surface area contributed by atoms with Gasteiger partial charge in [-0.05, 0) is 62.6 Å². The molecule has 3 aromatic rings. The number of benzene rings is 2. The lowest BCUT2D eigenvalue weighted by atomic mass is 10.1. The molecule has 8 heteroatoms. The quantitative estimate of drug-likeness (QED) is 0.569. The van der Waals surface area contributed by atoms with Crippen molar-refractivity contribution in [2.24, 2.45) is 0 Å². The van der Waals surface area contributed by atoms with E-state index in [4.69, 9.17) is 4.74 Å². The van der Waals surface area contributed by atoms with Crippen molar-refractivity contribution in [1.29, 1.82) is 0 Å². The van der Waals surface area contributed by atoms with Crippen molar-refractivity contribution in [3.8, 4) is 5.75 Å². The van der Waals surface area contributed by atoms with Crippen molar-refractivity contribution in [2.75, 3.05) is 14.2 Å². The van der Waals surface area contributed by atoms with Gasteiger partial charge < -0.3 is 15.0 Å². The lowest BCUT2D eigenvalue weighted by Crippen LogP contribution is -2.51. The molecule has 1 aliphatic carbocycles. The molecule has 172 valence electrons. The second kappa shape index (κ2) is 8.69. The summed E-state index contributed by atoms with van der Waals surface area (Å²) in [6.45, 7) is 3.87. The van der Waals surface area contributed by atoms with Gasteiger partial charge in [-0.1, -0.05) is 18.2 Å². The first kappa shape index (κ1) is 22.5. The lowest BCUT2D eigenvalue weighted by Gasteiger charge is -2.27. The highest BCUT2D eigenvalue weighted by Crippen LogP contribution is 2.39. The van der Waals surface area contributed by atoms with Gasteiger partial charge in [0, 0.05) is 13.1 Å². The van der Waals surface area contributed by atoms with Gasteiger partial charge in [0.15, 0.2) is 0 Å². The van der Waals surface area contributed by atoms with E-state index >= 15 is 0 Å². The molecule has 1 heterocycles. The van der Waals surface area contributed by atoms with Crippen LogP contribution in [0.2, 0.25) is 0 Å². The Kier molecular flexibility index (Phi) is 5.93. The molecule has 2 aromatic carbocycles. The monoisotopic (exact) mass is 450 g/mol. The van der Waals surface area contributed by atoms with Gasteiger partial charge in [-0.3, -0.25) is 14.7 Å². The van der Waals surface area contributed by atoms with E-state index < -0.39 is 5.54 Å². The van der Waals surface area contributed by atoms with E-state index in [-0.39, 0.29) is 23.7 Å². The number of fused-ring (bicyclic) bond motifs is 1. The van der Waals surface area contributed by atoms with Crippen LogP contribution in [0.1, 0.15) is 48.3 Å². The van der Waals surface area contributed by atoms with Crippen LogP contribution in [0.5, 0.6) is 5.75 Å². The third-order valence-electron chi connectivity index (χ3n) is 6.07. The van der Waals surface area contributed by atoms with Gasteiger partial charge in [0.1, 0.15) is 17.1 Å². The Labute approximate surface area is 191 Å². The molecule has 33 heavy (non-hydrogen) atoms. The number of carbonyl (C=O) groups is 2. The first-order valence-corrected chi connectivity index (χ1v) is 10.8. The molecule has 0 spiro atoms. The number of hydrogen-bond acceptors (Lipinski definition) is 4. The number of carbonyl (C=O) groups excluding carboxylic acids is 2. The van der Waals surface area contributed by atoms with Crippen LogP contribution in [0.25, 0.3) is 23.1 Å². The number of H-pyrrole nitrogens is 1. The summed E-state index contributed by atoms with van der Waals surface area (Å²) >= 11 is 0. The topological polar surface area (TPSA) is 87.3 Å². The van der Waals surface area contributed by atoms with Crippen LogP contribution < -0.4 is 10.1 Å². The smallest absolute Gasteiger partial charge is 0.255 e. The largest absolute Gasteiger partial charge is 0.495 e. The second-order valence-electron chi connectivity index (χ2n) is 8.61. The normalized spacial score (nSPS) is 14.6. The van der Waals surface area contributed by atoms with Gasteiger partial charge in [-0.15, -0.1) is 0 Å². The number of aromatic nitrogens is 2. The Morgan fingerprint density at radius 1 is 1.18 bits per heavy atom. The van der Waals surface area contributed by atoms with Gasteiger partial charge in [-0.25, -0.2) is 4.39 Å². The molecule has 4 rings (SSSR count). The van der Waals surface area contributed by atoms with E-state index in [2.05, 4.69) is 15.5 Å². The number of likely N-dealkylation sites (N-methyl/N-ethyl adjacent to an activating group) is 1. The summed E-state index contributed by atoms with van der Waals surface area (Å²) in [5.74, 6) is -0.385. The highest BCUT2D eigenvalue weighted by atomic mass is 19.1. The second-order valence-corrected chi connectivity index (χ2v) is 8.61. The summed E-state index contributed by atoms with van der Waals surface area (Å²) in [4.78, 5) is 27.8. The summed E-state index contributed by atoms with van der Waals surface area (Å²) in [6.07, 6.45) is 4.83. The average molecular weight is 451 g/mol. The number of amides is 2. The van der Waals surface area contributed by atoms with Gasteiger partial charge in [0.25, 0.3) is 5.91 Å². The Morgan fingerprint density at radius 2 is 1.88 bits per heavy atom. The zero-order valence-corrected chi connectivity index (χ0v) is 19.1. The maximum Gasteiger partial charge on any atom is 0.255 e. The Balaban J connectivity index is 1.65. The molecule has 1 aliphatic rings. The van der Waals surface area contributed by atoms with Crippen LogP contribution in [0.3, 0.4) is 0 Å². The number of halogens is 1. The Bertz CT molecular complexity index is 1230. The predicted molar refractivity (Wildman–Crippen MR) is 125 cm³/mol. The molecular weight excluding hydrogens is 423 g/mol. The number of ether oxygens (including phenoxy) is 1. The van der Waals surface area contributed by atoms with Crippen molar-refractivity contribution in [3.63, 3.8) is 0 Å². The third kappa shape index (κ3) is 4.33. The minimum Gasteiger partial charge on any atom is -0.495 e. The summed E-state index contributed by atoms with van der Waals surface area (Å²) in [5, 5.41) is 10.9. The SMILES string of the molecule is COc1c(C(=O)NC2(C(=O)N(C)C(C)C)CC2)ccc2n[nH]c(C=Cc3ccc(F)cc3)c12. The van der Waals surface area contributed by atoms with Gasteiger partial charge in [-0.2, -0.15) is 5.10 Å². The number of nitrogens with zero attached hydrogens (tertiary/aromatic N) is 2. The molecule has 1 aromatic heterocycles. The summed E-state index contributed by atoms with van der Waals surface area (Å²) in [5.41, 5.74) is 1.57. The molecule has 1 fully saturated rings. The van der Waals surface area contributed by atoms with Crippen LogP contribution in [-0.2, 0) is 4.79 Å². The molecule has 0 saturated heterocycles. The highest BCUT2D eigenvalue weighted by Gasteiger charge is 2.53. The molecule has 0 atom stereocenters. The number of rotatable bonds is 7. The van der Waals surface area contributed by atoms with Crippen molar-refractivity contribution in [3.05, 3.63) is 59.0 Å². The van der Waals surface area contributed by atoms with Crippen molar-refractivity contribution < 1.29 is 18.7 Å². The van der Waals surface area contributed by atoms with E-state index in [0.29, 0.717) is 40.8 Å². The minimum atomic E-state index is -0.863. The van der Waals surface area contributed by atoms with Crippen molar-refractivity contribution in [2.45, 2.75) is 38.3 Å². The maximum atomic E-state index is 13.2. The maximum absolute atomic E-state index is 13.2. The number of hydrogen-bond donors (Lipinski definition) is 2. The van der Waals surface area contributed by atoms with E-state index in [9.17, 15) is 14.0 Å².